The Labute approximate surface area is 123 Å². The number of nitrogens with zero attached hydrogens (tertiary/aromatic N) is 2. The van der Waals surface area contributed by atoms with Crippen molar-refractivity contribution in [2.75, 3.05) is 17.6 Å². The van der Waals surface area contributed by atoms with Gasteiger partial charge in [-0.3, -0.25) is 4.98 Å². The fourth-order valence-electron chi connectivity index (χ4n) is 2.90. The van der Waals surface area contributed by atoms with E-state index in [-0.39, 0.29) is 0 Å². The molecule has 1 fully saturated rings. The van der Waals surface area contributed by atoms with Gasteiger partial charge in [0.25, 0.3) is 0 Å². The summed E-state index contributed by atoms with van der Waals surface area (Å²) in [5.74, 6) is 1.49. The minimum Gasteiger partial charge on any atom is -0.382 e. The average molecular weight is 288 g/mol. The van der Waals surface area contributed by atoms with E-state index in [4.69, 9.17) is 5.73 Å². The summed E-state index contributed by atoms with van der Waals surface area (Å²) < 4.78 is 4.27. The van der Waals surface area contributed by atoms with Crippen LogP contribution in [-0.4, -0.2) is 15.9 Å². The summed E-state index contributed by atoms with van der Waals surface area (Å²) in [6.45, 7) is 1.000. The van der Waals surface area contributed by atoms with Crippen LogP contribution in [-0.2, 0) is 0 Å². The molecule has 0 bridgehead atoms. The van der Waals surface area contributed by atoms with Crippen LogP contribution in [0.3, 0.4) is 0 Å². The molecule has 0 spiro atoms. The summed E-state index contributed by atoms with van der Waals surface area (Å²) in [6.07, 6.45) is 10.4. The van der Waals surface area contributed by atoms with Crippen LogP contribution >= 0.6 is 11.5 Å². The Morgan fingerprint density at radius 3 is 2.95 bits per heavy atom. The van der Waals surface area contributed by atoms with E-state index < -0.39 is 0 Å². The van der Waals surface area contributed by atoms with Gasteiger partial charge in [-0.15, -0.1) is 0 Å². The third-order valence-electron chi connectivity index (χ3n) is 3.98. The molecule has 20 heavy (non-hydrogen) atoms. The van der Waals surface area contributed by atoms with E-state index in [2.05, 4.69) is 14.7 Å². The summed E-state index contributed by atoms with van der Waals surface area (Å²) in [4.78, 5) is 4.16. The fourth-order valence-corrected chi connectivity index (χ4v) is 3.66. The van der Waals surface area contributed by atoms with Crippen LogP contribution in [0.5, 0.6) is 0 Å². The lowest BCUT2D eigenvalue weighted by Crippen LogP contribution is -2.06. The predicted octanol–water partition coefficient (Wildman–Crippen LogP) is 3.78. The molecule has 0 atom stereocenters. The van der Waals surface area contributed by atoms with Gasteiger partial charge in [-0.1, -0.05) is 31.7 Å². The minimum atomic E-state index is 0.589. The maximum Gasteiger partial charge on any atom is 0.147 e. The highest BCUT2D eigenvalue weighted by molar-refractivity contribution is 7.11. The molecule has 5 heteroatoms. The molecule has 0 unspecified atom stereocenters. The number of hydrogen-bond acceptors (Lipinski definition) is 5. The lowest BCUT2D eigenvalue weighted by molar-refractivity contribution is 0.519. The molecule has 0 amide bonds. The topological polar surface area (TPSA) is 63.8 Å². The van der Waals surface area contributed by atoms with Gasteiger partial charge >= 0.3 is 0 Å². The molecule has 3 rings (SSSR count). The molecule has 3 N–H and O–H groups in total. The number of rotatable bonds is 5. The van der Waals surface area contributed by atoms with Crippen LogP contribution in [0.25, 0.3) is 11.1 Å². The van der Waals surface area contributed by atoms with E-state index in [1.807, 2.05) is 18.3 Å². The Morgan fingerprint density at radius 2 is 2.20 bits per heavy atom. The van der Waals surface area contributed by atoms with Crippen molar-refractivity contribution in [3.8, 4) is 11.1 Å². The Balaban J connectivity index is 1.67. The highest BCUT2D eigenvalue weighted by atomic mass is 32.1. The highest BCUT2D eigenvalue weighted by Gasteiger charge is 2.16. The predicted molar refractivity (Wildman–Crippen MR) is 84.8 cm³/mol. The number of nitrogens with two attached hydrogens (primary N) is 1. The fraction of sp³-hybridized carbons (Fsp3) is 0.467. The van der Waals surface area contributed by atoms with Crippen molar-refractivity contribution in [3.63, 3.8) is 0 Å². The number of nitrogen functional groups attached to an aromatic ring is 1. The second kappa shape index (κ2) is 6.22. The lowest BCUT2D eigenvalue weighted by atomic mass is 10.0. The Kier molecular flexibility index (Phi) is 4.16. The minimum absolute atomic E-state index is 0.589. The monoisotopic (exact) mass is 288 g/mol. The van der Waals surface area contributed by atoms with E-state index in [1.54, 1.807) is 6.20 Å². The summed E-state index contributed by atoms with van der Waals surface area (Å²) in [7, 11) is 0. The van der Waals surface area contributed by atoms with Crippen LogP contribution in [0.2, 0.25) is 0 Å². The normalized spacial score (nSPS) is 15.6. The highest BCUT2D eigenvalue weighted by Crippen LogP contribution is 2.36. The van der Waals surface area contributed by atoms with Crippen LogP contribution in [0, 0.1) is 5.92 Å². The van der Waals surface area contributed by atoms with Crippen molar-refractivity contribution in [2.24, 2.45) is 5.92 Å². The molecule has 0 aromatic carbocycles. The van der Waals surface area contributed by atoms with E-state index in [1.165, 1.54) is 43.6 Å². The van der Waals surface area contributed by atoms with Gasteiger partial charge in [0, 0.05) is 24.5 Å². The first-order chi connectivity index (χ1) is 9.84. The molecule has 0 aliphatic heterocycles. The van der Waals surface area contributed by atoms with E-state index in [0.717, 1.165) is 28.6 Å². The molecule has 2 heterocycles. The molecule has 1 aliphatic rings. The van der Waals surface area contributed by atoms with Crippen LogP contribution < -0.4 is 11.1 Å². The van der Waals surface area contributed by atoms with Crippen molar-refractivity contribution in [1.82, 2.24) is 9.36 Å². The van der Waals surface area contributed by atoms with E-state index >= 15 is 0 Å². The summed E-state index contributed by atoms with van der Waals surface area (Å²) >= 11 is 1.44. The largest absolute Gasteiger partial charge is 0.382 e. The van der Waals surface area contributed by atoms with Crippen molar-refractivity contribution < 1.29 is 0 Å². The molecule has 0 saturated heterocycles. The lowest BCUT2D eigenvalue weighted by Gasteiger charge is -2.10. The quantitative estimate of drug-likeness (QED) is 0.879. The molecular formula is C15H20N4S. The van der Waals surface area contributed by atoms with Crippen molar-refractivity contribution in [1.29, 1.82) is 0 Å². The third-order valence-corrected chi connectivity index (χ3v) is 4.80. The maximum absolute atomic E-state index is 6.00. The molecule has 1 aliphatic carbocycles. The van der Waals surface area contributed by atoms with Crippen molar-refractivity contribution >= 4 is 22.4 Å². The van der Waals surface area contributed by atoms with Gasteiger partial charge in [0.1, 0.15) is 10.8 Å². The van der Waals surface area contributed by atoms with Crippen LogP contribution in [0.1, 0.15) is 32.1 Å². The van der Waals surface area contributed by atoms with Gasteiger partial charge in [0.2, 0.25) is 0 Å². The van der Waals surface area contributed by atoms with Gasteiger partial charge in [0.15, 0.2) is 0 Å². The van der Waals surface area contributed by atoms with Crippen molar-refractivity contribution in [3.05, 3.63) is 24.5 Å². The molecule has 4 nitrogen and oxygen atoms in total. The zero-order valence-electron chi connectivity index (χ0n) is 11.5. The molecular weight excluding hydrogens is 268 g/mol. The Hall–Kier alpha value is -1.62. The van der Waals surface area contributed by atoms with Crippen LogP contribution in [0.15, 0.2) is 24.5 Å². The number of pyridine rings is 1. The summed E-state index contributed by atoms with van der Waals surface area (Å²) in [5, 5.41) is 4.57. The number of hydrogen-bond donors (Lipinski definition) is 2. The molecule has 2 aromatic heterocycles. The smallest absolute Gasteiger partial charge is 0.147 e. The number of aromatic nitrogens is 2. The summed E-state index contributed by atoms with van der Waals surface area (Å²) in [5.41, 5.74) is 8.02. The Morgan fingerprint density at radius 1 is 1.35 bits per heavy atom. The standard InChI is InChI=1S/C15H20N4S/c16-14-13(12-6-3-8-17-10-12)15(20-19-14)18-9-7-11-4-1-2-5-11/h3,6,8,10-11,18H,1-2,4-5,7,9H2,(H2,16,19). The van der Waals surface area contributed by atoms with Crippen LogP contribution in [0.4, 0.5) is 10.8 Å². The van der Waals surface area contributed by atoms with E-state index in [9.17, 15) is 0 Å². The van der Waals surface area contributed by atoms with Gasteiger partial charge in [-0.05, 0) is 29.9 Å². The molecule has 2 aromatic rings. The maximum atomic E-state index is 6.00. The van der Waals surface area contributed by atoms with Gasteiger partial charge in [-0.2, -0.15) is 4.37 Å². The third kappa shape index (κ3) is 2.93. The zero-order valence-corrected chi connectivity index (χ0v) is 12.3. The summed E-state index contributed by atoms with van der Waals surface area (Å²) in [6, 6.07) is 3.95. The van der Waals surface area contributed by atoms with Crippen molar-refractivity contribution in [2.45, 2.75) is 32.1 Å². The first kappa shape index (κ1) is 13.4. The first-order valence-electron chi connectivity index (χ1n) is 7.24. The number of anilines is 2. The molecule has 106 valence electrons. The molecule has 1 saturated carbocycles. The van der Waals surface area contributed by atoms with E-state index in [0.29, 0.717) is 5.82 Å². The SMILES string of the molecule is Nc1nsc(NCCC2CCCC2)c1-c1cccnc1. The Bertz CT molecular complexity index is 546. The first-order valence-corrected chi connectivity index (χ1v) is 8.01. The zero-order chi connectivity index (χ0) is 13.8. The molecule has 0 radical (unpaired) electrons. The second-order valence-corrected chi connectivity index (χ2v) is 6.15. The number of nitrogens with one attached hydrogen (secondary N) is 1. The van der Waals surface area contributed by atoms with Gasteiger partial charge in [-0.25, -0.2) is 0 Å². The van der Waals surface area contributed by atoms with Gasteiger partial charge in [0.05, 0.1) is 5.56 Å². The second-order valence-electron chi connectivity index (χ2n) is 5.38. The van der Waals surface area contributed by atoms with Gasteiger partial charge < -0.3 is 11.1 Å². The average Bonchev–Trinajstić information content (AvgIpc) is 3.10.